The van der Waals surface area contributed by atoms with Gasteiger partial charge < -0.3 is 14.6 Å². The van der Waals surface area contributed by atoms with Crippen LogP contribution in [0.2, 0.25) is 0 Å². The third-order valence-corrected chi connectivity index (χ3v) is 3.17. The van der Waals surface area contributed by atoms with Gasteiger partial charge in [-0.05, 0) is 25.7 Å². The van der Waals surface area contributed by atoms with Crippen molar-refractivity contribution in [3.05, 3.63) is 23.8 Å². The third kappa shape index (κ3) is 6.02. The summed E-state index contributed by atoms with van der Waals surface area (Å²) in [6.45, 7) is 6.45. The molecule has 1 N–H and O–H groups in total. The second-order valence-electron chi connectivity index (χ2n) is 4.78. The highest BCUT2D eigenvalue weighted by molar-refractivity contribution is 5.89. The van der Waals surface area contributed by atoms with Crippen molar-refractivity contribution in [2.45, 2.75) is 45.1 Å². The molecule has 1 atom stereocenters. The lowest BCUT2D eigenvalue weighted by Gasteiger charge is -2.20. The van der Waals surface area contributed by atoms with Crippen molar-refractivity contribution in [1.29, 1.82) is 0 Å². The number of rotatable bonds is 7. The van der Waals surface area contributed by atoms with Gasteiger partial charge >= 0.3 is 11.9 Å². The lowest BCUT2D eigenvalue weighted by Crippen LogP contribution is -2.13. The molecule has 0 aromatic rings. The molecule has 1 heterocycles. The molecule has 0 spiro atoms. The van der Waals surface area contributed by atoms with Crippen LogP contribution in [-0.4, -0.2) is 36.4 Å². The smallest absolute Gasteiger partial charge is 0.331 e. The molecule has 1 saturated heterocycles. The first-order chi connectivity index (χ1) is 9.58. The minimum atomic E-state index is -0.706. The van der Waals surface area contributed by atoms with Crippen molar-refractivity contribution < 1.29 is 24.2 Å². The van der Waals surface area contributed by atoms with Crippen LogP contribution in [0.3, 0.4) is 0 Å². The Bertz CT molecular complexity index is 393. The fraction of sp³-hybridized carbons (Fsp3) is 0.600. The Morgan fingerprint density at radius 1 is 1.50 bits per heavy atom. The lowest BCUT2D eigenvalue weighted by atomic mass is 9.85. The van der Waals surface area contributed by atoms with Gasteiger partial charge in [-0.15, -0.1) is 0 Å². The Balaban J connectivity index is 0.000000204. The van der Waals surface area contributed by atoms with Gasteiger partial charge in [0.25, 0.3) is 0 Å². The average Bonchev–Trinajstić information content (AvgIpc) is 3.19. The van der Waals surface area contributed by atoms with Crippen LogP contribution in [0.5, 0.6) is 0 Å². The summed E-state index contributed by atoms with van der Waals surface area (Å²) in [7, 11) is 0. The summed E-state index contributed by atoms with van der Waals surface area (Å²) in [6, 6.07) is 0. The third-order valence-electron chi connectivity index (χ3n) is 3.17. The molecule has 5 heteroatoms. The summed E-state index contributed by atoms with van der Waals surface area (Å²) in [5.41, 5.74) is 1.86. The number of unbranched alkanes of at least 4 members (excludes halogenated alkanes) is 1. The summed E-state index contributed by atoms with van der Waals surface area (Å²) in [6.07, 6.45) is 6.37. The van der Waals surface area contributed by atoms with Crippen LogP contribution in [0.1, 0.15) is 39.0 Å². The van der Waals surface area contributed by atoms with Gasteiger partial charge in [-0.25, -0.2) is 9.59 Å². The van der Waals surface area contributed by atoms with E-state index in [2.05, 4.69) is 18.2 Å². The van der Waals surface area contributed by atoms with E-state index in [1.54, 1.807) is 0 Å². The summed E-state index contributed by atoms with van der Waals surface area (Å²) < 4.78 is 9.42. The number of carbonyl (C=O) groups is 2. The van der Waals surface area contributed by atoms with E-state index in [1.165, 1.54) is 5.57 Å². The van der Waals surface area contributed by atoms with Gasteiger partial charge in [-0.3, -0.25) is 0 Å². The first kappa shape index (κ1) is 16.4. The van der Waals surface area contributed by atoms with E-state index in [0.29, 0.717) is 18.8 Å². The summed E-state index contributed by atoms with van der Waals surface area (Å²) in [5.74, 6) is -1.09. The van der Waals surface area contributed by atoms with Crippen LogP contribution in [0.4, 0.5) is 0 Å². The van der Waals surface area contributed by atoms with Crippen molar-refractivity contribution >= 4 is 11.9 Å². The number of esters is 1. The minimum Gasteiger partial charge on any atom is -0.478 e. The molecule has 2 rings (SSSR count). The zero-order valence-corrected chi connectivity index (χ0v) is 11.9. The van der Waals surface area contributed by atoms with Gasteiger partial charge in [0.15, 0.2) is 0 Å². The maximum absolute atomic E-state index is 10.5. The molecule has 20 heavy (non-hydrogen) atoms. The SMILES string of the molecule is C=CC(=O)OCC1CO1.CCCCC1=C(C(=O)O)CC1. The zero-order chi connectivity index (χ0) is 15.0. The van der Waals surface area contributed by atoms with Gasteiger partial charge in [0.1, 0.15) is 12.7 Å². The van der Waals surface area contributed by atoms with Gasteiger partial charge in [-0.1, -0.05) is 25.5 Å². The summed E-state index contributed by atoms with van der Waals surface area (Å²) in [5, 5.41) is 8.65. The Kier molecular flexibility index (Phi) is 7.01. The Morgan fingerprint density at radius 3 is 2.60 bits per heavy atom. The number of allylic oxidation sites excluding steroid dienone is 1. The largest absolute Gasteiger partial charge is 0.478 e. The maximum Gasteiger partial charge on any atom is 0.331 e. The fourth-order valence-electron chi connectivity index (χ4n) is 1.75. The van der Waals surface area contributed by atoms with Crippen molar-refractivity contribution in [1.82, 2.24) is 0 Å². The van der Waals surface area contributed by atoms with E-state index < -0.39 is 5.97 Å². The van der Waals surface area contributed by atoms with E-state index in [1.807, 2.05) is 0 Å². The van der Waals surface area contributed by atoms with E-state index in [9.17, 15) is 9.59 Å². The first-order valence-corrected chi connectivity index (χ1v) is 6.93. The average molecular weight is 282 g/mol. The predicted molar refractivity (Wildman–Crippen MR) is 74.3 cm³/mol. The number of carbonyl (C=O) groups excluding carboxylic acids is 1. The van der Waals surface area contributed by atoms with Crippen LogP contribution in [0.25, 0.3) is 0 Å². The molecular weight excluding hydrogens is 260 g/mol. The van der Waals surface area contributed by atoms with Crippen LogP contribution < -0.4 is 0 Å². The number of carboxylic acid groups (broad SMARTS) is 1. The van der Waals surface area contributed by atoms with Crippen LogP contribution in [0, 0.1) is 0 Å². The fourth-order valence-corrected chi connectivity index (χ4v) is 1.75. The number of epoxide rings is 1. The molecule has 0 amide bonds. The second-order valence-corrected chi connectivity index (χ2v) is 4.78. The van der Waals surface area contributed by atoms with Crippen molar-refractivity contribution in [3.63, 3.8) is 0 Å². The molecule has 112 valence electrons. The Morgan fingerprint density at radius 2 is 2.20 bits per heavy atom. The molecule has 0 radical (unpaired) electrons. The quantitative estimate of drug-likeness (QED) is 0.441. The number of hydrogen-bond donors (Lipinski definition) is 1. The molecule has 0 aromatic heterocycles. The van der Waals surface area contributed by atoms with Crippen molar-refractivity contribution in [2.75, 3.05) is 13.2 Å². The first-order valence-electron chi connectivity index (χ1n) is 6.93. The van der Waals surface area contributed by atoms with Crippen LogP contribution in [-0.2, 0) is 19.1 Å². The molecular formula is C15H22O5. The standard InChI is InChI=1S/C9H14O2.C6H8O3/c1-2-3-4-7-5-6-8(7)9(10)11;1-2-6(7)9-4-5-3-8-5/h2-6H2,1H3,(H,10,11);2,5H,1,3-4H2. The molecule has 1 aliphatic heterocycles. The zero-order valence-electron chi connectivity index (χ0n) is 11.9. The Labute approximate surface area is 119 Å². The van der Waals surface area contributed by atoms with Gasteiger partial charge in [0.2, 0.25) is 0 Å². The molecule has 0 saturated carbocycles. The lowest BCUT2D eigenvalue weighted by molar-refractivity contribution is -0.138. The molecule has 0 bridgehead atoms. The van der Waals surface area contributed by atoms with Gasteiger partial charge in [-0.2, -0.15) is 0 Å². The second kappa shape index (κ2) is 8.53. The van der Waals surface area contributed by atoms with Gasteiger partial charge in [0, 0.05) is 11.6 Å². The van der Waals surface area contributed by atoms with E-state index in [4.69, 9.17) is 9.84 Å². The Hall–Kier alpha value is -1.62. The highest BCUT2D eigenvalue weighted by Gasteiger charge is 2.23. The number of carboxylic acids is 1. The van der Waals surface area contributed by atoms with E-state index in [0.717, 1.165) is 38.2 Å². The summed E-state index contributed by atoms with van der Waals surface area (Å²) in [4.78, 5) is 20.8. The maximum atomic E-state index is 10.5. The topological polar surface area (TPSA) is 76.1 Å². The van der Waals surface area contributed by atoms with Crippen LogP contribution >= 0.6 is 0 Å². The normalized spacial score (nSPS) is 19.4. The van der Waals surface area contributed by atoms with Crippen molar-refractivity contribution in [2.24, 2.45) is 0 Å². The number of ether oxygens (including phenoxy) is 2. The van der Waals surface area contributed by atoms with Crippen LogP contribution in [0.15, 0.2) is 23.8 Å². The highest BCUT2D eigenvalue weighted by Crippen LogP contribution is 2.31. The molecule has 5 nitrogen and oxygen atoms in total. The molecule has 1 aliphatic carbocycles. The molecule has 1 unspecified atom stereocenters. The minimum absolute atomic E-state index is 0.147. The molecule has 1 fully saturated rings. The summed E-state index contributed by atoms with van der Waals surface area (Å²) >= 11 is 0. The number of aliphatic carboxylic acids is 1. The predicted octanol–water partition coefficient (Wildman–Crippen LogP) is 2.47. The van der Waals surface area contributed by atoms with Gasteiger partial charge in [0.05, 0.1) is 6.61 Å². The molecule has 2 aliphatic rings. The molecule has 0 aromatic carbocycles. The van der Waals surface area contributed by atoms with E-state index >= 15 is 0 Å². The highest BCUT2D eigenvalue weighted by atomic mass is 16.6. The van der Waals surface area contributed by atoms with E-state index in [-0.39, 0.29) is 12.1 Å². The number of hydrogen-bond acceptors (Lipinski definition) is 4. The monoisotopic (exact) mass is 282 g/mol. The van der Waals surface area contributed by atoms with Crippen molar-refractivity contribution in [3.8, 4) is 0 Å².